The number of ether oxygens (including phenoxy) is 1. The molecule has 2 heterocycles. The highest BCUT2D eigenvalue weighted by atomic mass is 16.5. The molecule has 5 heteroatoms. The van der Waals surface area contributed by atoms with Gasteiger partial charge in [0.15, 0.2) is 5.78 Å². The summed E-state index contributed by atoms with van der Waals surface area (Å²) in [5.74, 6) is 0.129. The van der Waals surface area contributed by atoms with Gasteiger partial charge in [-0.25, -0.2) is 0 Å². The smallest absolute Gasteiger partial charge is 0.168 e. The first kappa shape index (κ1) is 12.8. The molecule has 0 spiro atoms. The fraction of sp³-hybridized carbons (Fsp3) is 0.714. The van der Waals surface area contributed by atoms with Crippen molar-refractivity contribution in [2.75, 3.05) is 19.7 Å². The normalized spacial score (nSPS) is 24.7. The quantitative estimate of drug-likeness (QED) is 0.883. The number of carbonyl (C=O) groups is 1. The van der Waals surface area contributed by atoms with E-state index in [1.165, 1.54) is 25.7 Å². The third kappa shape index (κ3) is 3.04. The van der Waals surface area contributed by atoms with E-state index in [1.807, 2.05) is 16.9 Å². The van der Waals surface area contributed by atoms with Crippen molar-refractivity contribution in [1.29, 1.82) is 0 Å². The molecule has 1 atom stereocenters. The van der Waals surface area contributed by atoms with Gasteiger partial charge >= 0.3 is 0 Å². The summed E-state index contributed by atoms with van der Waals surface area (Å²) in [6, 6.07) is 2.50. The van der Waals surface area contributed by atoms with E-state index >= 15 is 0 Å². The molecule has 1 aliphatic heterocycles. The minimum atomic E-state index is -0.301. The molecule has 1 aromatic heterocycles. The van der Waals surface area contributed by atoms with E-state index in [0.29, 0.717) is 25.6 Å². The van der Waals surface area contributed by atoms with Crippen molar-refractivity contribution in [2.24, 2.45) is 0 Å². The molecule has 1 aliphatic carbocycles. The molecule has 1 N–H and O–H groups in total. The van der Waals surface area contributed by atoms with Gasteiger partial charge in [0.25, 0.3) is 0 Å². The first-order valence-corrected chi connectivity index (χ1v) is 7.22. The Labute approximate surface area is 113 Å². The molecule has 0 aromatic carbocycles. The van der Waals surface area contributed by atoms with Crippen LogP contribution in [0.5, 0.6) is 0 Å². The van der Waals surface area contributed by atoms with Gasteiger partial charge in [0.1, 0.15) is 6.10 Å². The Hall–Kier alpha value is -1.20. The Kier molecular flexibility index (Phi) is 3.94. The molecule has 0 radical (unpaired) electrons. The van der Waals surface area contributed by atoms with E-state index in [2.05, 4.69) is 10.4 Å². The van der Waals surface area contributed by atoms with Gasteiger partial charge in [0.05, 0.1) is 24.8 Å². The van der Waals surface area contributed by atoms with Gasteiger partial charge in [-0.1, -0.05) is 12.8 Å². The Bertz CT molecular complexity index is 432. The average molecular weight is 263 g/mol. The summed E-state index contributed by atoms with van der Waals surface area (Å²) in [7, 11) is 0. The predicted octanol–water partition coefficient (Wildman–Crippen LogP) is 1.10. The van der Waals surface area contributed by atoms with Crippen molar-refractivity contribution in [3.05, 3.63) is 18.0 Å². The predicted molar refractivity (Wildman–Crippen MR) is 71.1 cm³/mol. The molecule has 1 saturated heterocycles. The number of nitrogens with one attached hydrogen (secondary N) is 1. The minimum Gasteiger partial charge on any atom is -0.368 e. The van der Waals surface area contributed by atoms with Crippen molar-refractivity contribution in [2.45, 2.75) is 44.2 Å². The van der Waals surface area contributed by atoms with Gasteiger partial charge in [0.2, 0.25) is 0 Å². The molecular weight excluding hydrogens is 242 g/mol. The second kappa shape index (κ2) is 5.84. The van der Waals surface area contributed by atoms with Gasteiger partial charge < -0.3 is 10.1 Å². The third-order valence-electron chi connectivity index (χ3n) is 4.00. The molecule has 2 aliphatic rings. The van der Waals surface area contributed by atoms with Crippen molar-refractivity contribution >= 4 is 5.78 Å². The maximum atomic E-state index is 12.1. The molecule has 1 aromatic rings. The highest BCUT2D eigenvalue weighted by Crippen LogP contribution is 2.28. The standard InChI is InChI=1S/C14H21N3O2/c18-13(14-10-15-6-8-19-14)9-11-5-7-17(16-11)12-3-1-2-4-12/h5,7,12,14-15H,1-4,6,8-10H2. The van der Waals surface area contributed by atoms with Crippen LogP contribution in [-0.4, -0.2) is 41.4 Å². The molecule has 2 fully saturated rings. The fourth-order valence-electron chi connectivity index (χ4n) is 2.91. The first-order chi connectivity index (χ1) is 9.33. The number of morpholine rings is 1. The fourth-order valence-corrected chi connectivity index (χ4v) is 2.91. The molecule has 104 valence electrons. The molecule has 3 rings (SSSR count). The van der Waals surface area contributed by atoms with Crippen molar-refractivity contribution in [3.63, 3.8) is 0 Å². The lowest BCUT2D eigenvalue weighted by atomic mass is 10.1. The third-order valence-corrected chi connectivity index (χ3v) is 4.00. The van der Waals surface area contributed by atoms with Crippen LogP contribution in [0, 0.1) is 0 Å². The van der Waals surface area contributed by atoms with Gasteiger partial charge in [-0.3, -0.25) is 9.48 Å². The van der Waals surface area contributed by atoms with E-state index in [4.69, 9.17) is 4.74 Å². The first-order valence-electron chi connectivity index (χ1n) is 7.22. The summed E-state index contributed by atoms with van der Waals surface area (Å²) in [5, 5.41) is 7.73. The maximum Gasteiger partial charge on any atom is 0.168 e. The summed E-state index contributed by atoms with van der Waals surface area (Å²) >= 11 is 0. The minimum absolute atomic E-state index is 0.129. The van der Waals surface area contributed by atoms with Crippen LogP contribution in [-0.2, 0) is 16.0 Å². The average Bonchev–Trinajstić information content (AvgIpc) is 3.10. The second-order valence-electron chi connectivity index (χ2n) is 5.43. The van der Waals surface area contributed by atoms with E-state index in [9.17, 15) is 4.79 Å². The summed E-state index contributed by atoms with van der Waals surface area (Å²) in [6.07, 6.45) is 7.10. The van der Waals surface area contributed by atoms with Crippen LogP contribution in [0.25, 0.3) is 0 Å². The number of hydrogen-bond acceptors (Lipinski definition) is 4. The number of ketones is 1. The van der Waals surface area contributed by atoms with Crippen molar-refractivity contribution in [1.82, 2.24) is 15.1 Å². The monoisotopic (exact) mass is 263 g/mol. The topological polar surface area (TPSA) is 56.2 Å². The Morgan fingerprint density at radius 2 is 2.32 bits per heavy atom. The van der Waals surface area contributed by atoms with Gasteiger partial charge in [-0.15, -0.1) is 0 Å². The lowest BCUT2D eigenvalue weighted by Crippen LogP contribution is -2.43. The lowest BCUT2D eigenvalue weighted by molar-refractivity contribution is -0.131. The number of hydrogen-bond donors (Lipinski definition) is 1. The van der Waals surface area contributed by atoms with Gasteiger partial charge in [-0.2, -0.15) is 5.10 Å². The van der Waals surface area contributed by atoms with Crippen LogP contribution in [0.1, 0.15) is 37.4 Å². The highest BCUT2D eigenvalue weighted by molar-refractivity contribution is 5.85. The summed E-state index contributed by atoms with van der Waals surface area (Å²) in [4.78, 5) is 12.1. The number of aromatic nitrogens is 2. The summed E-state index contributed by atoms with van der Waals surface area (Å²) in [5.41, 5.74) is 0.867. The van der Waals surface area contributed by atoms with E-state index in [0.717, 1.165) is 12.2 Å². The second-order valence-corrected chi connectivity index (χ2v) is 5.43. The molecule has 1 unspecified atom stereocenters. The molecule has 1 saturated carbocycles. The largest absolute Gasteiger partial charge is 0.368 e. The Morgan fingerprint density at radius 3 is 3.05 bits per heavy atom. The van der Waals surface area contributed by atoms with E-state index < -0.39 is 0 Å². The lowest BCUT2D eigenvalue weighted by Gasteiger charge is -2.22. The van der Waals surface area contributed by atoms with Crippen molar-refractivity contribution < 1.29 is 9.53 Å². The summed E-state index contributed by atoms with van der Waals surface area (Å²) < 4.78 is 7.51. The molecule has 0 amide bonds. The summed E-state index contributed by atoms with van der Waals surface area (Å²) in [6.45, 7) is 2.08. The number of carbonyl (C=O) groups excluding carboxylic acids is 1. The number of rotatable bonds is 4. The van der Waals surface area contributed by atoms with Crippen LogP contribution < -0.4 is 5.32 Å². The van der Waals surface area contributed by atoms with E-state index in [-0.39, 0.29) is 11.9 Å². The van der Waals surface area contributed by atoms with Gasteiger partial charge in [0, 0.05) is 19.3 Å². The maximum absolute atomic E-state index is 12.1. The molecular formula is C14H21N3O2. The van der Waals surface area contributed by atoms with Crippen LogP contribution in [0.3, 0.4) is 0 Å². The van der Waals surface area contributed by atoms with Crippen LogP contribution in [0.2, 0.25) is 0 Å². The van der Waals surface area contributed by atoms with Gasteiger partial charge in [-0.05, 0) is 18.9 Å². The SMILES string of the molecule is O=C(Cc1ccn(C2CCCC2)n1)C1CNCCO1. The highest BCUT2D eigenvalue weighted by Gasteiger charge is 2.23. The zero-order valence-electron chi connectivity index (χ0n) is 11.2. The molecule has 5 nitrogen and oxygen atoms in total. The zero-order valence-corrected chi connectivity index (χ0v) is 11.2. The van der Waals surface area contributed by atoms with Crippen LogP contribution >= 0.6 is 0 Å². The Balaban J connectivity index is 1.58. The van der Waals surface area contributed by atoms with E-state index in [1.54, 1.807) is 0 Å². The van der Waals surface area contributed by atoms with Crippen LogP contribution in [0.4, 0.5) is 0 Å². The number of nitrogens with zero attached hydrogens (tertiary/aromatic N) is 2. The van der Waals surface area contributed by atoms with Crippen molar-refractivity contribution in [3.8, 4) is 0 Å². The number of Topliss-reactive ketones (excluding diaryl/α,β-unsaturated/α-hetero) is 1. The molecule has 19 heavy (non-hydrogen) atoms. The zero-order chi connectivity index (χ0) is 13.1. The van der Waals surface area contributed by atoms with Crippen LogP contribution in [0.15, 0.2) is 12.3 Å². The molecule has 0 bridgehead atoms. The Morgan fingerprint density at radius 1 is 1.47 bits per heavy atom.